The molecule has 134 valence electrons. The predicted molar refractivity (Wildman–Crippen MR) is 92.9 cm³/mol. The Morgan fingerprint density at radius 1 is 1.08 bits per heavy atom. The average Bonchev–Trinajstić information content (AvgIpc) is 2.53. The van der Waals surface area contributed by atoms with Gasteiger partial charge in [0.05, 0.1) is 19.1 Å². The number of nitrogens with zero attached hydrogens (tertiary/aromatic N) is 1. The van der Waals surface area contributed by atoms with Crippen LogP contribution in [0.25, 0.3) is 0 Å². The monoisotopic (exact) mass is 337 g/mol. The van der Waals surface area contributed by atoms with E-state index in [4.69, 9.17) is 0 Å². The fourth-order valence-corrected chi connectivity index (χ4v) is 2.46. The normalized spacial score (nSPS) is 12.3. The van der Waals surface area contributed by atoms with Gasteiger partial charge in [0, 0.05) is 6.54 Å². The van der Waals surface area contributed by atoms with E-state index in [-0.39, 0.29) is 42.7 Å². The standard InChI is InChI=1S/C18H28FN3O2/c1-5-20-16(23)11-22(6-2)12-17(24)21-18(13(3)4)14-7-9-15(19)10-8-14/h7-10,13,18H,5-6,11-12H2,1-4H3,(H,20,23)(H,21,24). The number of amides is 2. The second-order valence-electron chi connectivity index (χ2n) is 6.10. The van der Waals surface area contributed by atoms with E-state index in [1.807, 2.05) is 27.7 Å². The Balaban J connectivity index is 2.67. The highest BCUT2D eigenvalue weighted by atomic mass is 19.1. The summed E-state index contributed by atoms with van der Waals surface area (Å²) in [6, 6.07) is 5.97. The Hall–Kier alpha value is -1.95. The first-order chi connectivity index (χ1) is 11.4. The van der Waals surface area contributed by atoms with Crippen molar-refractivity contribution in [3.8, 4) is 0 Å². The molecule has 0 heterocycles. The zero-order chi connectivity index (χ0) is 18.1. The Kier molecular flexibility index (Phi) is 8.40. The number of carbonyl (C=O) groups is 2. The Morgan fingerprint density at radius 3 is 2.17 bits per heavy atom. The van der Waals surface area contributed by atoms with Crippen LogP contribution in [0.4, 0.5) is 4.39 Å². The van der Waals surface area contributed by atoms with Gasteiger partial charge in [0.1, 0.15) is 5.82 Å². The average molecular weight is 337 g/mol. The van der Waals surface area contributed by atoms with Crippen LogP contribution in [0.3, 0.4) is 0 Å². The minimum absolute atomic E-state index is 0.0916. The van der Waals surface area contributed by atoms with Crippen molar-refractivity contribution in [2.24, 2.45) is 5.92 Å². The van der Waals surface area contributed by atoms with Crippen molar-refractivity contribution in [1.82, 2.24) is 15.5 Å². The molecule has 2 amide bonds. The molecule has 0 radical (unpaired) electrons. The number of nitrogens with one attached hydrogen (secondary N) is 2. The summed E-state index contributed by atoms with van der Waals surface area (Å²) in [7, 11) is 0. The maximum Gasteiger partial charge on any atom is 0.234 e. The Labute approximate surface area is 143 Å². The smallest absolute Gasteiger partial charge is 0.234 e. The Morgan fingerprint density at radius 2 is 1.67 bits per heavy atom. The molecular weight excluding hydrogens is 309 g/mol. The molecule has 0 saturated carbocycles. The zero-order valence-electron chi connectivity index (χ0n) is 14.9. The molecular formula is C18H28FN3O2. The molecule has 1 atom stereocenters. The van der Waals surface area contributed by atoms with Gasteiger partial charge in [0.15, 0.2) is 0 Å². The van der Waals surface area contributed by atoms with E-state index < -0.39 is 0 Å². The van der Waals surface area contributed by atoms with Crippen LogP contribution in [0.2, 0.25) is 0 Å². The molecule has 0 aliphatic carbocycles. The second kappa shape index (κ2) is 10.0. The summed E-state index contributed by atoms with van der Waals surface area (Å²) >= 11 is 0. The first-order valence-electron chi connectivity index (χ1n) is 8.41. The van der Waals surface area contributed by atoms with Crippen LogP contribution in [-0.2, 0) is 9.59 Å². The van der Waals surface area contributed by atoms with Gasteiger partial charge in [-0.25, -0.2) is 4.39 Å². The maximum atomic E-state index is 13.1. The SMILES string of the molecule is CCNC(=O)CN(CC)CC(=O)NC(c1ccc(F)cc1)C(C)C. The molecule has 1 rings (SSSR count). The summed E-state index contributed by atoms with van der Waals surface area (Å²) < 4.78 is 13.1. The third-order valence-corrected chi connectivity index (χ3v) is 3.77. The topological polar surface area (TPSA) is 61.4 Å². The van der Waals surface area contributed by atoms with Crippen molar-refractivity contribution in [3.05, 3.63) is 35.6 Å². The van der Waals surface area contributed by atoms with Crippen molar-refractivity contribution in [1.29, 1.82) is 0 Å². The van der Waals surface area contributed by atoms with E-state index in [0.717, 1.165) is 5.56 Å². The molecule has 0 fully saturated rings. The number of halogens is 1. The van der Waals surface area contributed by atoms with Crippen LogP contribution < -0.4 is 10.6 Å². The summed E-state index contributed by atoms with van der Waals surface area (Å²) in [5.41, 5.74) is 0.867. The van der Waals surface area contributed by atoms with E-state index in [2.05, 4.69) is 10.6 Å². The minimum atomic E-state index is -0.299. The van der Waals surface area contributed by atoms with Gasteiger partial charge in [-0.3, -0.25) is 14.5 Å². The number of likely N-dealkylation sites (N-methyl/N-ethyl adjacent to an activating group) is 2. The van der Waals surface area contributed by atoms with E-state index in [1.54, 1.807) is 17.0 Å². The molecule has 0 aliphatic heterocycles. The third kappa shape index (κ3) is 6.66. The minimum Gasteiger partial charge on any atom is -0.355 e. The van der Waals surface area contributed by atoms with Crippen LogP contribution in [0.15, 0.2) is 24.3 Å². The van der Waals surface area contributed by atoms with E-state index in [0.29, 0.717) is 13.1 Å². The molecule has 5 nitrogen and oxygen atoms in total. The lowest BCUT2D eigenvalue weighted by Gasteiger charge is -2.25. The van der Waals surface area contributed by atoms with Gasteiger partial charge in [-0.15, -0.1) is 0 Å². The summed E-state index contributed by atoms with van der Waals surface area (Å²) in [6.45, 7) is 9.29. The van der Waals surface area contributed by atoms with Gasteiger partial charge in [0.2, 0.25) is 11.8 Å². The van der Waals surface area contributed by atoms with Gasteiger partial charge in [-0.1, -0.05) is 32.9 Å². The zero-order valence-corrected chi connectivity index (χ0v) is 14.9. The number of benzene rings is 1. The summed E-state index contributed by atoms with van der Waals surface area (Å²) in [5, 5.41) is 5.71. The lowest BCUT2D eigenvalue weighted by atomic mass is 9.96. The van der Waals surface area contributed by atoms with Gasteiger partial charge >= 0.3 is 0 Å². The van der Waals surface area contributed by atoms with E-state index in [9.17, 15) is 14.0 Å². The molecule has 24 heavy (non-hydrogen) atoms. The first kappa shape index (κ1) is 20.1. The fourth-order valence-electron chi connectivity index (χ4n) is 2.46. The van der Waals surface area contributed by atoms with Gasteiger partial charge in [-0.05, 0) is 37.1 Å². The molecule has 1 aromatic carbocycles. The lowest BCUT2D eigenvalue weighted by molar-refractivity contribution is -0.125. The van der Waals surface area contributed by atoms with Crippen molar-refractivity contribution in [2.45, 2.75) is 33.7 Å². The lowest BCUT2D eigenvalue weighted by Crippen LogP contribution is -2.44. The van der Waals surface area contributed by atoms with Crippen LogP contribution in [0, 0.1) is 11.7 Å². The van der Waals surface area contributed by atoms with Crippen LogP contribution in [0.5, 0.6) is 0 Å². The Bertz CT molecular complexity index is 532. The highest BCUT2D eigenvalue weighted by molar-refractivity contribution is 5.81. The fraction of sp³-hybridized carbons (Fsp3) is 0.556. The molecule has 1 unspecified atom stereocenters. The second-order valence-corrected chi connectivity index (χ2v) is 6.10. The number of rotatable bonds is 9. The van der Waals surface area contributed by atoms with E-state index >= 15 is 0 Å². The van der Waals surface area contributed by atoms with Crippen LogP contribution in [-0.4, -0.2) is 42.9 Å². The van der Waals surface area contributed by atoms with Gasteiger partial charge in [0.25, 0.3) is 0 Å². The van der Waals surface area contributed by atoms with Crippen molar-refractivity contribution < 1.29 is 14.0 Å². The molecule has 6 heteroatoms. The molecule has 0 saturated heterocycles. The summed E-state index contributed by atoms with van der Waals surface area (Å²) in [4.78, 5) is 25.8. The maximum absolute atomic E-state index is 13.1. The third-order valence-electron chi connectivity index (χ3n) is 3.77. The highest BCUT2D eigenvalue weighted by Gasteiger charge is 2.20. The van der Waals surface area contributed by atoms with Crippen molar-refractivity contribution in [2.75, 3.05) is 26.2 Å². The highest BCUT2D eigenvalue weighted by Crippen LogP contribution is 2.21. The summed E-state index contributed by atoms with van der Waals surface area (Å²) in [5.74, 6) is -0.375. The van der Waals surface area contributed by atoms with E-state index in [1.165, 1.54) is 12.1 Å². The summed E-state index contributed by atoms with van der Waals surface area (Å²) in [6.07, 6.45) is 0. The van der Waals surface area contributed by atoms with Crippen molar-refractivity contribution in [3.63, 3.8) is 0 Å². The quantitative estimate of drug-likeness (QED) is 0.725. The molecule has 0 spiro atoms. The molecule has 2 N–H and O–H groups in total. The molecule has 0 bridgehead atoms. The molecule has 0 aromatic heterocycles. The van der Waals surface area contributed by atoms with Gasteiger partial charge in [-0.2, -0.15) is 0 Å². The first-order valence-corrected chi connectivity index (χ1v) is 8.41. The number of carbonyl (C=O) groups excluding carboxylic acids is 2. The van der Waals surface area contributed by atoms with Crippen LogP contribution in [0.1, 0.15) is 39.3 Å². The van der Waals surface area contributed by atoms with Crippen LogP contribution >= 0.6 is 0 Å². The largest absolute Gasteiger partial charge is 0.355 e. The molecule has 1 aromatic rings. The van der Waals surface area contributed by atoms with Gasteiger partial charge < -0.3 is 10.6 Å². The number of hydrogen-bond donors (Lipinski definition) is 2. The number of hydrogen-bond acceptors (Lipinski definition) is 3. The van der Waals surface area contributed by atoms with Crippen molar-refractivity contribution >= 4 is 11.8 Å². The molecule has 0 aliphatic rings. The predicted octanol–water partition coefficient (Wildman–Crippen LogP) is 2.10.